The van der Waals surface area contributed by atoms with Gasteiger partial charge in [-0.1, -0.05) is 26.3 Å². The van der Waals surface area contributed by atoms with Gasteiger partial charge in [-0.05, 0) is 37.2 Å². The van der Waals surface area contributed by atoms with Crippen LogP contribution in [0.15, 0.2) is 30.3 Å². The van der Waals surface area contributed by atoms with Gasteiger partial charge < -0.3 is 5.32 Å². The van der Waals surface area contributed by atoms with E-state index in [0.29, 0.717) is 4.88 Å². The van der Waals surface area contributed by atoms with Crippen molar-refractivity contribution in [2.75, 3.05) is 6.54 Å². The summed E-state index contributed by atoms with van der Waals surface area (Å²) in [5.41, 5.74) is 0.0792. The number of nitrogens with one attached hydrogen (secondary N) is 1. The van der Waals surface area contributed by atoms with Crippen molar-refractivity contribution in [3.63, 3.8) is 0 Å². The smallest absolute Gasteiger partial charge is 0.134 e. The average molecular weight is 295 g/mol. The Morgan fingerprint density at radius 2 is 1.80 bits per heavy atom. The van der Waals surface area contributed by atoms with Crippen molar-refractivity contribution in [2.24, 2.45) is 0 Å². The normalized spacial score (nSPS) is 12.6. The van der Waals surface area contributed by atoms with Gasteiger partial charge in [0.1, 0.15) is 11.6 Å². The number of halogens is 2. The number of hydrogen-bond donors (Lipinski definition) is 1. The first-order chi connectivity index (χ1) is 9.67. The van der Waals surface area contributed by atoms with Crippen molar-refractivity contribution in [3.8, 4) is 10.4 Å². The van der Waals surface area contributed by atoms with Crippen LogP contribution in [0.25, 0.3) is 10.4 Å². The summed E-state index contributed by atoms with van der Waals surface area (Å²) in [4.78, 5) is 1.78. The molecule has 1 N–H and O–H groups in total. The SMILES string of the molecule is CCCC(NCC)c1ccc(-c2c(F)cccc2F)s1. The molecule has 1 nitrogen and oxygen atoms in total. The van der Waals surface area contributed by atoms with Crippen LogP contribution >= 0.6 is 11.3 Å². The van der Waals surface area contributed by atoms with Gasteiger partial charge in [0, 0.05) is 15.8 Å². The largest absolute Gasteiger partial charge is 0.310 e. The van der Waals surface area contributed by atoms with E-state index in [2.05, 4.69) is 19.2 Å². The standard InChI is InChI=1S/C16H19F2NS/c1-3-6-13(19-4-2)14-9-10-15(20-14)16-11(17)7-5-8-12(16)18/h5,7-10,13,19H,3-4,6H2,1-2H3. The summed E-state index contributed by atoms with van der Waals surface area (Å²) in [7, 11) is 0. The highest BCUT2D eigenvalue weighted by atomic mass is 32.1. The fraction of sp³-hybridized carbons (Fsp3) is 0.375. The third-order valence-corrected chi connectivity index (χ3v) is 4.42. The lowest BCUT2D eigenvalue weighted by atomic mass is 10.1. The van der Waals surface area contributed by atoms with Crippen molar-refractivity contribution >= 4 is 11.3 Å². The molecule has 0 aliphatic carbocycles. The molecule has 2 rings (SSSR count). The van der Waals surface area contributed by atoms with Crippen LogP contribution in [0.1, 0.15) is 37.6 Å². The van der Waals surface area contributed by atoms with Crippen LogP contribution in [-0.4, -0.2) is 6.54 Å². The molecular formula is C16H19F2NS. The Hall–Kier alpha value is -1.26. The Balaban J connectivity index is 2.32. The lowest BCUT2D eigenvalue weighted by molar-refractivity contribution is 0.516. The third kappa shape index (κ3) is 3.25. The van der Waals surface area contributed by atoms with E-state index in [1.807, 2.05) is 12.1 Å². The molecule has 0 spiro atoms. The molecule has 0 amide bonds. The number of hydrogen-bond acceptors (Lipinski definition) is 2. The lowest BCUT2D eigenvalue weighted by Crippen LogP contribution is -2.19. The minimum atomic E-state index is -0.506. The monoisotopic (exact) mass is 295 g/mol. The molecule has 0 radical (unpaired) electrons. The average Bonchev–Trinajstić information content (AvgIpc) is 2.87. The van der Waals surface area contributed by atoms with Crippen LogP contribution in [0.3, 0.4) is 0 Å². The lowest BCUT2D eigenvalue weighted by Gasteiger charge is -2.15. The van der Waals surface area contributed by atoms with Crippen LogP contribution in [-0.2, 0) is 0 Å². The van der Waals surface area contributed by atoms with Crippen LogP contribution < -0.4 is 5.32 Å². The summed E-state index contributed by atoms with van der Waals surface area (Å²) in [5.74, 6) is -1.01. The van der Waals surface area contributed by atoms with E-state index in [1.165, 1.54) is 29.5 Å². The highest BCUT2D eigenvalue weighted by Gasteiger charge is 2.16. The van der Waals surface area contributed by atoms with Gasteiger partial charge >= 0.3 is 0 Å². The van der Waals surface area contributed by atoms with E-state index >= 15 is 0 Å². The Labute approximate surface area is 122 Å². The van der Waals surface area contributed by atoms with Gasteiger partial charge in [-0.15, -0.1) is 11.3 Å². The number of thiophene rings is 1. The molecule has 1 unspecified atom stereocenters. The third-order valence-electron chi connectivity index (χ3n) is 3.21. The summed E-state index contributed by atoms with van der Waals surface area (Å²) in [6.07, 6.45) is 2.09. The van der Waals surface area contributed by atoms with E-state index in [1.54, 1.807) is 0 Å². The van der Waals surface area contributed by atoms with Gasteiger partial charge in [0.05, 0.1) is 5.56 Å². The molecule has 0 fully saturated rings. The van der Waals surface area contributed by atoms with Crippen molar-refractivity contribution in [3.05, 3.63) is 46.8 Å². The van der Waals surface area contributed by atoms with E-state index in [4.69, 9.17) is 0 Å². The Bertz CT molecular complexity index is 539. The zero-order valence-electron chi connectivity index (χ0n) is 11.7. The fourth-order valence-electron chi connectivity index (χ4n) is 2.29. The van der Waals surface area contributed by atoms with E-state index < -0.39 is 11.6 Å². The van der Waals surface area contributed by atoms with Gasteiger partial charge in [0.2, 0.25) is 0 Å². The molecular weight excluding hydrogens is 276 g/mol. The molecule has 0 aliphatic heterocycles. The topological polar surface area (TPSA) is 12.0 Å². The Kier molecular flexibility index (Phi) is 5.26. The van der Waals surface area contributed by atoms with E-state index in [9.17, 15) is 8.78 Å². The molecule has 1 heterocycles. The fourth-order valence-corrected chi connectivity index (χ4v) is 3.45. The minimum absolute atomic E-state index is 0.0792. The zero-order valence-corrected chi connectivity index (χ0v) is 12.6. The van der Waals surface area contributed by atoms with Gasteiger partial charge in [-0.2, -0.15) is 0 Å². The van der Waals surface area contributed by atoms with Crippen LogP contribution in [0.4, 0.5) is 8.78 Å². The van der Waals surface area contributed by atoms with Gasteiger partial charge in [0.25, 0.3) is 0 Å². The van der Waals surface area contributed by atoms with Crippen molar-refractivity contribution in [1.82, 2.24) is 5.32 Å². The molecule has 0 saturated heterocycles. The maximum atomic E-state index is 13.8. The summed E-state index contributed by atoms with van der Waals surface area (Å²) < 4.78 is 27.6. The Morgan fingerprint density at radius 3 is 2.40 bits per heavy atom. The van der Waals surface area contributed by atoms with Crippen molar-refractivity contribution < 1.29 is 8.78 Å². The quantitative estimate of drug-likeness (QED) is 0.777. The molecule has 1 atom stereocenters. The van der Waals surface area contributed by atoms with Crippen LogP contribution in [0, 0.1) is 11.6 Å². The van der Waals surface area contributed by atoms with E-state index in [-0.39, 0.29) is 11.6 Å². The molecule has 0 bridgehead atoms. The molecule has 20 heavy (non-hydrogen) atoms. The first-order valence-electron chi connectivity index (χ1n) is 6.94. The minimum Gasteiger partial charge on any atom is -0.310 e. The second-order valence-electron chi connectivity index (χ2n) is 4.70. The summed E-state index contributed by atoms with van der Waals surface area (Å²) >= 11 is 1.46. The van der Waals surface area contributed by atoms with Crippen molar-refractivity contribution in [1.29, 1.82) is 0 Å². The van der Waals surface area contributed by atoms with Crippen LogP contribution in [0.5, 0.6) is 0 Å². The highest BCUT2D eigenvalue weighted by molar-refractivity contribution is 7.15. The van der Waals surface area contributed by atoms with Crippen LogP contribution in [0.2, 0.25) is 0 Å². The molecule has 0 saturated carbocycles. The predicted molar refractivity (Wildman–Crippen MR) is 81.0 cm³/mol. The van der Waals surface area contributed by atoms with Gasteiger partial charge in [-0.3, -0.25) is 0 Å². The van der Waals surface area contributed by atoms with E-state index in [0.717, 1.165) is 24.3 Å². The predicted octanol–water partition coefficient (Wildman–Crippen LogP) is 5.14. The first kappa shape index (κ1) is 15.1. The molecule has 4 heteroatoms. The molecule has 1 aromatic heterocycles. The van der Waals surface area contributed by atoms with Gasteiger partial charge in [-0.25, -0.2) is 8.78 Å². The maximum absolute atomic E-state index is 13.8. The number of rotatable bonds is 6. The molecule has 0 aliphatic rings. The zero-order chi connectivity index (χ0) is 14.5. The molecule has 2 aromatic rings. The second kappa shape index (κ2) is 6.95. The second-order valence-corrected chi connectivity index (χ2v) is 5.81. The van der Waals surface area contributed by atoms with Crippen molar-refractivity contribution in [2.45, 2.75) is 32.7 Å². The summed E-state index contributed by atoms with van der Waals surface area (Å²) in [6, 6.07) is 8.02. The first-order valence-corrected chi connectivity index (χ1v) is 7.76. The maximum Gasteiger partial charge on any atom is 0.134 e. The summed E-state index contributed by atoms with van der Waals surface area (Å²) in [5, 5.41) is 3.42. The number of benzene rings is 1. The Morgan fingerprint density at radius 1 is 1.10 bits per heavy atom. The summed E-state index contributed by atoms with van der Waals surface area (Å²) in [6.45, 7) is 5.08. The van der Waals surface area contributed by atoms with Gasteiger partial charge in [0.15, 0.2) is 0 Å². The molecule has 1 aromatic carbocycles. The highest BCUT2D eigenvalue weighted by Crippen LogP contribution is 2.35. The molecule has 108 valence electrons.